The number of rotatable bonds is 5. The number of aliphatic carboxylic acids is 1. The minimum Gasteiger partial charge on any atom is -0.480 e. The Labute approximate surface area is 127 Å². The van der Waals surface area contributed by atoms with Crippen molar-refractivity contribution < 1.29 is 36.6 Å². The molecule has 126 valence electrons. The van der Waals surface area contributed by atoms with E-state index in [1.54, 1.807) is 0 Å². The van der Waals surface area contributed by atoms with Crippen molar-refractivity contribution in [2.75, 3.05) is 0 Å². The average molecular weight is 337 g/mol. The fraction of sp³-hybridized carbons (Fsp3) is 0.429. The molecule has 1 fully saturated rings. The third kappa shape index (κ3) is 4.40. The van der Waals surface area contributed by atoms with Gasteiger partial charge in [0, 0.05) is 12.0 Å². The smallest absolute Gasteiger partial charge is 0.391 e. The molecule has 0 bridgehead atoms. The van der Waals surface area contributed by atoms with Gasteiger partial charge in [-0.3, -0.25) is 4.79 Å². The lowest BCUT2D eigenvalue weighted by molar-refractivity contribution is -0.160. The summed E-state index contributed by atoms with van der Waals surface area (Å²) in [5, 5.41) is 10.5. The first-order chi connectivity index (χ1) is 10.6. The minimum absolute atomic E-state index is 0.0780. The summed E-state index contributed by atoms with van der Waals surface area (Å²) in [6.45, 7) is 0. The lowest BCUT2D eigenvalue weighted by Crippen LogP contribution is -2.44. The summed E-state index contributed by atoms with van der Waals surface area (Å²) in [5.74, 6) is -5.77. The number of amides is 1. The van der Waals surface area contributed by atoms with Gasteiger partial charge in [-0.05, 0) is 24.0 Å². The van der Waals surface area contributed by atoms with Crippen molar-refractivity contribution in [2.45, 2.75) is 31.0 Å². The third-order valence-corrected chi connectivity index (χ3v) is 3.54. The zero-order chi connectivity index (χ0) is 17.4. The predicted octanol–water partition coefficient (Wildman–Crippen LogP) is 2.59. The fourth-order valence-electron chi connectivity index (χ4n) is 2.34. The number of halogens is 5. The Morgan fingerprint density at radius 2 is 1.96 bits per heavy atom. The first-order valence-corrected chi connectivity index (χ1v) is 6.63. The highest BCUT2D eigenvalue weighted by Crippen LogP contribution is 2.48. The van der Waals surface area contributed by atoms with Crippen molar-refractivity contribution in [2.24, 2.45) is 5.92 Å². The number of benzene rings is 1. The first kappa shape index (κ1) is 17.2. The number of nitrogens with one attached hydrogen (secondary N) is 1. The van der Waals surface area contributed by atoms with Crippen LogP contribution >= 0.6 is 0 Å². The monoisotopic (exact) mass is 337 g/mol. The number of hydrogen-bond donors (Lipinski definition) is 2. The highest BCUT2D eigenvalue weighted by molar-refractivity contribution is 5.87. The SMILES string of the molecule is O=C(O)C(CC(F)(F)F)NC(=O)C1CC1c1ccc(F)cc1F. The molecule has 0 saturated heterocycles. The van der Waals surface area contributed by atoms with Crippen LogP contribution in [0.1, 0.15) is 24.3 Å². The molecule has 2 N–H and O–H groups in total. The fourth-order valence-corrected chi connectivity index (χ4v) is 2.34. The zero-order valence-corrected chi connectivity index (χ0v) is 11.5. The number of carboxylic acid groups (broad SMARTS) is 1. The molecule has 1 saturated carbocycles. The number of hydrogen-bond acceptors (Lipinski definition) is 2. The summed E-state index contributed by atoms with van der Waals surface area (Å²) in [7, 11) is 0. The molecule has 1 aromatic carbocycles. The van der Waals surface area contributed by atoms with Crippen molar-refractivity contribution in [3.8, 4) is 0 Å². The molecular weight excluding hydrogens is 325 g/mol. The second-order valence-electron chi connectivity index (χ2n) is 5.33. The second-order valence-corrected chi connectivity index (χ2v) is 5.33. The van der Waals surface area contributed by atoms with Crippen LogP contribution in [0.25, 0.3) is 0 Å². The Balaban J connectivity index is 2.01. The van der Waals surface area contributed by atoms with Gasteiger partial charge < -0.3 is 10.4 Å². The molecular formula is C14H12F5NO3. The van der Waals surface area contributed by atoms with E-state index in [0.717, 1.165) is 12.1 Å². The van der Waals surface area contributed by atoms with Crippen LogP contribution in [0, 0.1) is 17.6 Å². The van der Waals surface area contributed by atoms with Crippen LogP contribution in [-0.2, 0) is 9.59 Å². The van der Waals surface area contributed by atoms with Crippen LogP contribution in [0.3, 0.4) is 0 Å². The standard InChI is InChI=1S/C14H12F5NO3/c15-6-1-2-7(10(16)3-6)8-4-9(8)12(21)20-11(13(22)23)5-14(17,18)19/h1-3,8-9,11H,4-5H2,(H,20,21)(H,22,23). The summed E-state index contributed by atoms with van der Waals surface area (Å²) >= 11 is 0. The van der Waals surface area contributed by atoms with Gasteiger partial charge in [0.2, 0.25) is 5.91 Å². The van der Waals surface area contributed by atoms with Gasteiger partial charge >= 0.3 is 12.1 Å². The molecule has 1 aromatic rings. The normalized spacial score (nSPS) is 21.6. The highest BCUT2D eigenvalue weighted by Gasteiger charge is 2.47. The number of alkyl halides is 3. The minimum atomic E-state index is -4.75. The maximum atomic E-state index is 13.6. The predicted molar refractivity (Wildman–Crippen MR) is 67.4 cm³/mol. The second kappa shape index (κ2) is 6.13. The van der Waals surface area contributed by atoms with E-state index < -0.39 is 54.0 Å². The summed E-state index contributed by atoms with van der Waals surface area (Å²) in [5.41, 5.74) is 0.0780. The van der Waals surface area contributed by atoms with Crippen LogP contribution in [-0.4, -0.2) is 29.2 Å². The van der Waals surface area contributed by atoms with E-state index >= 15 is 0 Å². The van der Waals surface area contributed by atoms with Gasteiger partial charge in [0.1, 0.15) is 17.7 Å². The van der Waals surface area contributed by atoms with Gasteiger partial charge in [0.25, 0.3) is 0 Å². The van der Waals surface area contributed by atoms with Gasteiger partial charge in [0.15, 0.2) is 0 Å². The lowest BCUT2D eigenvalue weighted by atomic mass is 10.1. The summed E-state index contributed by atoms with van der Waals surface area (Å²) in [4.78, 5) is 22.6. The van der Waals surface area contributed by atoms with Crippen molar-refractivity contribution in [1.82, 2.24) is 5.32 Å². The summed E-state index contributed by atoms with van der Waals surface area (Å²) < 4.78 is 63.2. The largest absolute Gasteiger partial charge is 0.480 e. The molecule has 0 spiro atoms. The maximum Gasteiger partial charge on any atom is 0.391 e. The quantitative estimate of drug-likeness (QED) is 0.812. The molecule has 1 aliphatic rings. The maximum absolute atomic E-state index is 13.6. The molecule has 0 aromatic heterocycles. The summed E-state index contributed by atoms with van der Waals surface area (Å²) in [6.07, 6.45) is -6.29. The van der Waals surface area contributed by atoms with E-state index in [-0.39, 0.29) is 12.0 Å². The van der Waals surface area contributed by atoms with E-state index in [0.29, 0.717) is 6.07 Å². The third-order valence-electron chi connectivity index (χ3n) is 3.54. The van der Waals surface area contributed by atoms with Gasteiger partial charge in [-0.1, -0.05) is 6.07 Å². The van der Waals surface area contributed by atoms with Crippen LogP contribution in [0.15, 0.2) is 18.2 Å². The summed E-state index contributed by atoms with van der Waals surface area (Å²) in [6, 6.07) is 0.719. The Hall–Kier alpha value is -2.19. The molecule has 0 aliphatic heterocycles. The Morgan fingerprint density at radius 1 is 1.30 bits per heavy atom. The van der Waals surface area contributed by atoms with E-state index in [9.17, 15) is 31.5 Å². The molecule has 1 aliphatic carbocycles. The molecule has 2 rings (SSSR count). The van der Waals surface area contributed by atoms with E-state index in [4.69, 9.17) is 5.11 Å². The number of carbonyl (C=O) groups is 2. The lowest BCUT2D eigenvalue weighted by Gasteiger charge is -2.16. The Kier molecular flexibility index (Phi) is 4.58. The Morgan fingerprint density at radius 3 is 2.48 bits per heavy atom. The molecule has 4 nitrogen and oxygen atoms in total. The average Bonchev–Trinajstić information content (AvgIpc) is 3.16. The molecule has 9 heteroatoms. The van der Waals surface area contributed by atoms with Gasteiger partial charge in [-0.25, -0.2) is 13.6 Å². The van der Waals surface area contributed by atoms with Gasteiger partial charge in [-0.15, -0.1) is 0 Å². The van der Waals surface area contributed by atoms with Gasteiger partial charge in [0.05, 0.1) is 6.42 Å². The highest BCUT2D eigenvalue weighted by atomic mass is 19.4. The molecule has 23 heavy (non-hydrogen) atoms. The van der Waals surface area contributed by atoms with E-state index in [2.05, 4.69) is 0 Å². The van der Waals surface area contributed by atoms with Crippen LogP contribution in [0.5, 0.6) is 0 Å². The zero-order valence-electron chi connectivity index (χ0n) is 11.5. The Bertz CT molecular complexity index is 631. The van der Waals surface area contributed by atoms with Crippen molar-refractivity contribution in [1.29, 1.82) is 0 Å². The topological polar surface area (TPSA) is 66.4 Å². The number of carboxylic acids is 1. The van der Waals surface area contributed by atoms with E-state index in [1.807, 2.05) is 5.32 Å². The van der Waals surface area contributed by atoms with Crippen LogP contribution in [0.4, 0.5) is 22.0 Å². The van der Waals surface area contributed by atoms with Gasteiger partial charge in [-0.2, -0.15) is 13.2 Å². The number of carbonyl (C=O) groups excluding carboxylic acids is 1. The van der Waals surface area contributed by atoms with Crippen molar-refractivity contribution in [3.63, 3.8) is 0 Å². The molecule has 1 amide bonds. The molecule has 3 atom stereocenters. The first-order valence-electron chi connectivity index (χ1n) is 6.63. The van der Waals surface area contributed by atoms with Crippen LogP contribution < -0.4 is 5.32 Å². The molecule has 3 unspecified atom stereocenters. The van der Waals surface area contributed by atoms with Crippen molar-refractivity contribution >= 4 is 11.9 Å². The molecule has 0 radical (unpaired) electrons. The van der Waals surface area contributed by atoms with E-state index in [1.165, 1.54) is 0 Å². The van der Waals surface area contributed by atoms with Crippen LogP contribution in [0.2, 0.25) is 0 Å². The van der Waals surface area contributed by atoms with Crippen molar-refractivity contribution in [3.05, 3.63) is 35.4 Å². The molecule has 0 heterocycles.